The van der Waals surface area contributed by atoms with Crippen LogP contribution in [0.2, 0.25) is 5.15 Å². The SMILES string of the molecule is COCc1cccc(C(=O)N(C)c2ccc(Cl)nc2)c1. The van der Waals surface area contributed by atoms with Gasteiger partial charge in [-0.05, 0) is 29.8 Å². The van der Waals surface area contributed by atoms with Gasteiger partial charge in [-0.2, -0.15) is 0 Å². The van der Waals surface area contributed by atoms with Crippen molar-refractivity contribution in [3.63, 3.8) is 0 Å². The van der Waals surface area contributed by atoms with Gasteiger partial charge in [0.2, 0.25) is 0 Å². The standard InChI is InChI=1S/C15H15ClN2O2/c1-18(13-6-7-14(16)17-9-13)15(19)12-5-3-4-11(8-12)10-20-2/h3-9H,10H2,1-2H3. The van der Waals surface area contributed by atoms with E-state index >= 15 is 0 Å². The summed E-state index contributed by atoms with van der Waals surface area (Å²) < 4.78 is 5.07. The molecule has 4 nitrogen and oxygen atoms in total. The van der Waals surface area contributed by atoms with Gasteiger partial charge in [-0.3, -0.25) is 4.79 Å². The van der Waals surface area contributed by atoms with Crippen LogP contribution in [0.4, 0.5) is 5.69 Å². The van der Waals surface area contributed by atoms with Crippen LogP contribution in [-0.2, 0) is 11.3 Å². The minimum atomic E-state index is -0.105. The van der Waals surface area contributed by atoms with Crippen LogP contribution in [0.1, 0.15) is 15.9 Å². The Kier molecular flexibility index (Phi) is 4.71. The lowest BCUT2D eigenvalue weighted by atomic mass is 10.1. The summed E-state index contributed by atoms with van der Waals surface area (Å²) >= 11 is 5.74. The summed E-state index contributed by atoms with van der Waals surface area (Å²) in [6.07, 6.45) is 1.57. The second-order valence-electron chi connectivity index (χ2n) is 4.34. The number of hydrogen-bond acceptors (Lipinski definition) is 3. The van der Waals surface area contributed by atoms with E-state index in [1.807, 2.05) is 18.2 Å². The number of nitrogens with zero attached hydrogens (tertiary/aromatic N) is 2. The summed E-state index contributed by atoms with van der Waals surface area (Å²) in [6.45, 7) is 0.479. The molecule has 0 radical (unpaired) electrons. The lowest BCUT2D eigenvalue weighted by molar-refractivity contribution is 0.0992. The predicted octanol–water partition coefficient (Wildman–Crippen LogP) is 3.16. The number of carbonyl (C=O) groups excluding carboxylic acids is 1. The molecule has 1 aromatic heterocycles. The van der Waals surface area contributed by atoms with E-state index in [1.54, 1.807) is 38.6 Å². The Morgan fingerprint density at radius 1 is 1.35 bits per heavy atom. The van der Waals surface area contributed by atoms with Gasteiger partial charge in [0.1, 0.15) is 5.15 Å². The zero-order valence-electron chi connectivity index (χ0n) is 11.3. The van der Waals surface area contributed by atoms with E-state index in [9.17, 15) is 4.79 Å². The van der Waals surface area contributed by atoms with Gasteiger partial charge >= 0.3 is 0 Å². The summed E-state index contributed by atoms with van der Waals surface area (Å²) in [5.41, 5.74) is 2.26. The number of methoxy groups -OCH3 is 1. The zero-order valence-corrected chi connectivity index (χ0v) is 12.1. The molecular formula is C15H15ClN2O2. The van der Waals surface area contributed by atoms with Gasteiger partial charge in [-0.25, -0.2) is 4.98 Å². The van der Waals surface area contributed by atoms with Crippen molar-refractivity contribution in [3.8, 4) is 0 Å². The first-order chi connectivity index (χ1) is 9.61. The summed E-state index contributed by atoms with van der Waals surface area (Å²) in [4.78, 5) is 17.9. The average Bonchev–Trinajstić information content (AvgIpc) is 2.47. The molecule has 0 saturated carbocycles. The number of aromatic nitrogens is 1. The van der Waals surface area contributed by atoms with Crippen LogP contribution in [0.25, 0.3) is 0 Å². The number of carbonyl (C=O) groups is 1. The number of ether oxygens (including phenoxy) is 1. The van der Waals surface area contributed by atoms with Gasteiger partial charge in [-0.1, -0.05) is 23.7 Å². The number of anilines is 1. The fraction of sp³-hybridized carbons (Fsp3) is 0.200. The Balaban J connectivity index is 2.21. The maximum atomic E-state index is 12.4. The molecule has 0 aliphatic rings. The Morgan fingerprint density at radius 3 is 2.80 bits per heavy atom. The average molecular weight is 291 g/mol. The van der Waals surface area contributed by atoms with Gasteiger partial charge in [0.05, 0.1) is 18.5 Å². The van der Waals surface area contributed by atoms with Crippen molar-refractivity contribution in [1.82, 2.24) is 4.98 Å². The fourth-order valence-corrected chi connectivity index (χ4v) is 1.95. The third kappa shape index (κ3) is 3.35. The molecule has 0 atom stereocenters. The number of benzene rings is 1. The second-order valence-corrected chi connectivity index (χ2v) is 4.72. The normalized spacial score (nSPS) is 10.3. The van der Waals surface area contributed by atoms with Crippen molar-refractivity contribution in [2.24, 2.45) is 0 Å². The monoisotopic (exact) mass is 290 g/mol. The molecule has 5 heteroatoms. The van der Waals surface area contributed by atoms with E-state index in [-0.39, 0.29) is 5.91 Å². The highest BCUT2D eigenvalue weighted by atomic mass is 35.5. The lowest BCUT2D eigenvalue weighted by Gasteiger charge is -2.17. The minimum Gasteiger partial charge on any atom is -0.380 e. The van der Waals surface area contributed by atoms with Crippen LogP contribution in [0, 0.1) is 0 Å². The first kappa shape index (κ1) is 14.5. The predicted molar refractivity (Wildman–Crippen MR) is 79.1 cm³/mol. The molecule has 1 aromatic carbocycles. The molecule has 2 rings (SSSR count). The molecular weight excluding hydrogens is 276 g/mol. The molecule has 0 aliphatic heterocycles. The highest BCUT2D eigenvalue weighted by Crippen LogP contribution is 2.17. The van der Waals surface area contributed by atoms with Crippen LogP contribution >= 0.6 is 11.6 Å². The smallest absolute Gasteiger partial charge is 0.258 e. The lowest BCUT2D eigenvalue weighted by Crippen LogP contribution is -2.26. The van der Waals surface area contributed by atoms with Crippen LogP contribution in [0.3, 0.4) is 0 Å². The van der Waals surface area contributed by atoms with E-state index in [2.05, 4.69) is 4.98 Å². The molecule has 20 heavy (non-hydrogen) atoms. The van der Waals surface area contributed by atoms with Crippen LogP contribution in [0.15, 0.2) is 42.6 Å². The number of rotatable bonds is 4. The molecule has 0 aliphatic carbocycles. The highest BCUT2D eigenvalue weighted by Gasteiger charge is 2.14. The maximum absolute atomic E-state index is 12.4. The zero-order chi connectivity index (χ0) is 14.5. The van der Waals surface area contributed by atoms with Crippen LogP contribution in [-0.4, -0.2) is 25.0 Å². The summed E-state index contributed by atoms with van der Waals surface area (Å²) in [7, 11) is 3.33. The fourth-order valence-electron chi connectivity index (χ4n) is 1.84. The summed E-state index contributed by atoms with van der Waals surface area (Å²) in [5, 5.41) is 0.400. The second kappa shape index (κ2) is 6.50. The van der Waals surface area contributed by atoms with E-state index in [4.69, 9.17) is 16.3 Å². The van der Waals surface area contributed by atoms with Crippen LogP contribution < -0.4 is 4.90 Å². The van der Waals surface area contributed by atoms with E-state index in [0.29, 0.717) is 23.0 Å². The molecule has 1 amide bonds. The van der Waals surface area contributed by atoms with Crippen molar-refractivity contribution < 1.29 is 9.53 Å². The Bertz CT molecular complexity index is 599. The number of halogens is 1. The van der Waals surface area contributed by atoms with Crippen molar-refractivity contribution in [2.45, 2.75) is 6.61 Å². The van der Waals surface area contributed by atoms with Crippen molar-refractivity contribution >= 4 is 23.2 Å². The highest BCUT2D eigenvalue weighted by molar-refractivity contribution is 6.29. The van der Waals surface area contributed by atoms with Gasteiger partial charge in [0, 0.05) is 19.7 Å². The minimum absolute atomic E-state index is 0.105. The van der Waals surface area contributed by atoms with Gasteiger partial charge in [-0.15, -0.1) is 0 Å². The third-order valence-corrected chi connectivity index (χ3v) is 3.11. The Hall–Kier alpha value is -1.91. The van der Waals surface area contributed by atoms with E-state index in [1.165, 1.54) is 4.90 Å². The van der Waals surface area contributed by atoms with E-state index in [0.717, 1.165) is 5.56 Å². The van der Waals surface area contributed by atoms with Crippen LogP contribution in [0.5, 0.6) is 0 Å². The first-order valence-electron chi connectivity index (χ1n) is 6.09. The molecule has 1 heterocycles. The number of pyridine rings is 1. The Labute approximate surface area is 123 Å². The molecule has 104 valence electrons. The van der Waals surface area contributed by atoms with Crippen molar-refractivity contribution in [3.05, 3.63) is 58.9 Å². The largest absolute Gasteiger partial charge is 0.380 e. The third-order valence-electron chi connectivity index (χ3n) is 2.89. The molecule has 0 fully saturated rings. The maximum Gasteiger partial charge on any atom is 0.258 e. The molecule has 2 aromatic rings. The molecule has 0 spiro atoms. The molecule has 0 N–H and O–H groups in total. The molecule has 0 saturated heterocycles. The summed E-state index contributed by atoms with van der Waals surface area (Å²) in [5.74, 6) is -0.105. The molecule has 0 unspecified atom stereocenters. The van der Waals surface area contributed by atoms with Gasteiger partial charge < -0.3 is 9.64 Å². The first-order valence-corrected chi connectivity index (χ1v) is 6.47. The van der Waals surface area contributed by atoms with Crippen molar-refractivity contribution in [1.29, 1.82) is 0 Å². The Morgan fingerprint density at radius 2 is 2.15 bits per heavy atom. The quantitative estimate of drug-likeness (QED) is 0.812. The van der Waals surface area contributed by atoms with Crippen molar-refractivity contribution in [2.75, 3.05) is 19.1 Å². The van der Waals surface area contributed by atoms with E-state index < -0.39 is 0 Å². The summed E-state index contributed by atoms with van der Waals surface area (Å²) in [6, 6.07) is 10.8. The topological polar surface area (TPSA) is 42.4 Å². The number of amides is 1. The van der Waals surface area contributed by atoms with Gasteiger partial charge in [0.25, 0.3) is 5.91 Å². The molecule has 0 bridgehead atoms. The number of hydrogen-bond donors (Lipinski definition) is 0. The van der Waals surface area contributed by atoms with Gasteiger partial charge in [0.15, 0.2) is 0 Å².